The van der Waals surface area contributed by atoms with Crippen molar-refractivity contribution in [3.05, 3.63) is 29.3 Å². The molecule has 0 aromatic heterocycles. The molecular weight excluding hydrogens is 330 g/mol. The number of fused-ring (bicyclic) bond motifs is 1. The highest BCUT2D eigenvalue weighted by Gasteiger charge is 2.28. The van der Waals surface area contributed by atoms with Crippen LogP contribution in [0.25, 0.3) is 0 Å². The summed E-state index contributed by atoms with van der Waals surface area (Å²) in [6.07, 6.45) is 6.66. The molecule has 3 rings (SSSR count). The Labute approximate surface area is 155 Å². The van der Waals surface area contributed by atoms with Crippen molar-refractivity contribution in [1.82, 2.24) is 4.90 Å². The topological polar surface area (TPSA) is 66.8 Å². The molecule has 0 saturated carbocycles. The quantitative estimate of drug-likeness (QED) is 0.842. The van der Waals surface area contributed by atoms with Crippen LogP contribution in [-0.2, 0) is 16.0 Å². The van der Waals surface area contributed by atoms with Crippen LogP contribution in [-0.4, -0.2) is 42.1 Å². The van der Waals surface area contributed by atoms with E-state index in [9.17, 15) is 9.59 Å². The van der Waals surface area contributed by atoms with E-state index in [4.69, 9.17) is 9.84 Å². The van der Waals surface area contributed by atoms with Gasteiger partial charge in [0, 0.05) is 25.9 Å². The molecule has 5 nitrogen and oxygen atoms in total. The maximum Gasteiger partial charge on any atom is 0.303 e. The predicted molar refractivity (Wildman–Crippen MR) is 99.5 cm³/mol. The van der Waals surface area contributed by atoms with Gasteiger partial charge in [-0.2, -0.15) is 0 Å². The zero-order valence-electron chi connectivity index (χ0n) is 15.6. The molecule has 1 aromatic rings. The fraction of sp³-hybridized carbons (Fsp3) is 0.619. The first-order chi connectivity index (χ1) is 12.6. The number of piperidine rings is 1. The number of aryl methyl sites for hydroxylation is 1. The van der Waals surface area contributed by atoms with Gasteiger partial charge in [0.15, 0.2) is 0 Å². The first-order valence-corrected chi connectivity index (χ1v) is 9.73. The first-order valence-electron chi connectivity index (χ1n) is 9.73. The van der Waals surface area contributed by atoms with Crippen LogP contribution in [0.3, 0.4) is 0 Å². The average Bonchev–Trinajstić information content (AvgIpc) is 2.66. The minimum atomic E-state index is -0.748. The number of nitrogens with zero attached hydrogens (tertiary/aromatic N) is 1. The highest BCUT2D eigenvalue weighted by atomic mass is 16.5. The van der Waals surface area contributed by atoms with Gasteiger partial charge in [-0.05, 0) is 73.6 Å². The Kier molecular flexibility index (Phi) is 6.17. The van der Waals surface area contributed by atoms with Crippen LogP contribution in [0.1, 0.15) is 62.0 Å². The van der Waals surface area contributed by atoms with Gasteiger partial charge < -0.3 is 14.7 Å². The Bertz CT molecular complexity index is 657. The standard InChI is InChI=1S/C21H29NO4/c1-26-18-8-9-19-16(12-18)5-2-6-17(19)13-20(23)22-11-3-4-15(14-22)7-10-21(24)25/h8-9,12,15,17H,2-7,10-11,13-14H2,1H3,(H,24,25)/t15-,17-/m1/s1. The number of rotatable bonds is 6. The zero-order valence-corrected chi connectivity index (χ0v) is 15.6. The lowest BCUT2D eigenvalue weighted by molar-refractivity contribution is -0.137. The van der Waals surface area contributed by atoms with Gasteiger partial charge in [-0.25, -0.2) is 0 Å². The van der Waals surface area contributed by atoms with E-state index in [-0.39, 0.29) is 18.2 Å². The average molecular weight is 359 g/mol. The number of likely N-dealkylation sites (tertiary alicyclic amines) is 1. The molecule has 0 unspecified atom stereocenters. The SMILES string of the molecule is COc1ccc2c(c1)CCC[C@@H]2CC(=O)N1CCC[C@H](CCC(=O)O)C1. The molecule has 2 atom stereocenters. The number of hydrogen-bond donors (Lipinski definition) is 1. The molecule has 5 heteroatoms. The van der Waals surface area contributed by atoms with Gasteiger partial charge in [0.05, 0.1) is 7.11 Å². The Morgan fingerprint density at radius 1 is 1.27 bits per heavy atom. The van der Waals surface area contributed by atoms with E-state index >= 15 is 0 Å². The molecule has 0 bridgehead atoms. The molecule has 1 aromatic carbocycles. The predicted octanol–water partition coefficient (Wildman–Crippen LogP) is 3.61. The summed E-state index contributed by atoms with van der Waals surface area (Å²) >= 11 is 0. The number of carbonyl (C=O) groups is 2. The van der Waals surface area contributed by atoms with Crippen LogP contribution >= 0.6 is 0 Å². The number of carbonyl (C=O) groups excluding carboxylic acids is 1. The highest BCUT2D eigenvalue weighted by Crippen LogP contribution is 2.36. The number of ether oxygens (including phenoxy) is 1. The monoisotopic (exact) mass is 359 g/mol. The number of benzene rings is 1. The number of aliphatic carboxylic acids is 1. The van der Waals surface area contributed by atoms with E-state index in [1.54, 1.807) is 7.11 Å². The summed E-state index contributed by atoms with van der Waals surface area (Å²) in [4.78, 5) is 25.6. The van der Waals surface area contributed by atoms with E-state index in [2.05, 4.69) is 12.1 Å². The third-order valence-electron chi connectivity index (χ3n) is 5.85. The van der Waals surface area contributed by atoms with Crippen molar-refractivity contribution in [1.29, 1.82) is 0 Å². The molecule has 1 amide bonds. The fourth-order valence-electron chi connectivity index (χ4n) is 4.42. The number of carboxylic acid groups (broad SMARTS) is 1. The van der Waals surface area contributed by atoms with Crippen molar-refractivity contribution in [3.8, 4) is 5.75 Å². The summed E-state index contributed by atoms with van der Waals surface area (Å²) in [5, 5.41) is 8.88. The second-order valence-corrected chi connectivity index (χ2v) is 7.64. The Morgan fingerprint density at radius 2 is 2.12 bits per heavy atom. The van der Waals surface area contributed by atoms with Crippen LogP contribution in [0.5, 0.6) is 5.75 Å². The molecule has 26 heavy (non-hydrogen) atoms. The lowest BCUT2D eigenvalue weighted by Crippen LogP contribution is -2.40. The summed E-state index contributed by atoms with van der Waals surface area (Å²) in [5.41, 5.74) is 2.61. The molecule has 1 aliphatic carbocycles. The molecular formula is C21H29NO4. The zero-order chi connectivity index (χ0) is 18.5. The maximum absolute atomic E-state index is 12.9. The molecule has 1 heterocycles. The second-order valence-electron chi connectivity index (χ2n) is 7.64. The molecule has 2 aliphatic rings. The Balaban J connectivity index is 1.61. The van der Waals surface area contributed by atoms with Crippen LogP contribution in [0.2, 0.25) is 0 Å². The summed E-state index contributed by atoms with van der Waals surface area (Å²) in [6, 6.07) is 6.22. The third-order valence-corrected chi connectivity index (χ3v) is 5.85. The molecule has 0 radical (unpaired) electrons. The van der Waals surface area contributed by atoms with Gasteiger partial charge in [0.1, 0.15) is 5.75 Å². The smallest absolute Gasteiger partial charge is 0.303 e. The van der Waals surface area contributed by atoms with Crippen LogP contribution in [0, 0.1) is 5.92 Å². The van der Waals surface area contributed by atoms with Gasteiger partial charge in [-0.3, -0.25) is 9.59 Å². The van der Waals surface area contributed by atoms with Crippen molar-refractivity contribution in [2.24, 2.45) is 5.92 Å². The van der Waals surface area contributed by atoms with Gasteiger partial charge in [0.25, 0.3) is 0 Å². The summed E-state index contributed by atoms with van der Waals surface area (Å²) in [7, 11) is 1.68. The van der Waals surface area contributed by atoms with Crippen LogP contribution in [0.15, 0.2) is 18.2 Å². The lowest BCUT2D eigenvalue weighted by atomic mass is 9.80. The minimum absolute atomic E-state index is 0.199. The van der Waals surface area contributed by atoms with Crippen LogP contribution < -0.4 is 4.74 Å². The molecule has 1 N–H and O–H groups in total. The highest BCUT2D eigenvalue weighted by molar-refractivity contribution is 5.77. The van der Waals surface area contributed by atoms with Gasteiger partial charge >= 0.3 is 5.97 Å². The number of carboxylic acids is 1. The minimum Gasteiger partial charge on any atom is -0.497 e. The normalized spacial score (nSPS) is 22.6. The lowest BCUT2D eigenvalue weighted by Gasteiger charge is -2.34. The first kappa shape index (κ1) is 18.7. The summed E-state index contributed by atoms with van der Waals surface area (Å²) < 4.78 is 5.33. The largest absolute Gasteiger partial charge is 0.497 e. The van der Waals surface area contributed by atoms with Crippen molar-refractivity contribution in [2.45, 2.75) is 57.3 Å². The van der Waals surface area contributed by atoms with E-state index in [0.717, 1.165) is 44.4 Å². The molecule has 1 aliphatic heterocycles. The maximum atomic E-state index is 12.9. The Morgan fingerprint density at radius 3 is 2.88 bits per heavy atom. The Hall–Kier alpha value is -2.04. The van der Waals surface area contributed by atoms with Crippen molar-refractivity contribution >= 4 is 11.9 Å². The van der Waals surface area contributed by atoms with Gasteiger partial charge in [0.2, 0.25) is 5.91 Å². The fourth-order valence-corrected chi connectivity index (χ4v) is 4.42. The third kappa shape index (κ3) is 4.57. The molecule has 1 saturated heterocycles. The number of amides is 1. The van der Waals surface area contributed by atoms with E-state index in [1.807, 2.05) is 11.0 Å². The molecule has 0 spiro atoms. The summed E-state index contributed by atoms with van der Waals surface area (Å²) in [6.45, 7) is 1.53. The van der Waals surface area contributed by atoms with E-state index in [0.29, 0.717) is 25.3 Å². The van der Waals surface area contributed by atoms with Gasteiger partial charge in [-0.15, -0.1) is 0 Å². The molecule has 1 fully saturated rings. The number of hydrogen-bond acceptors (Lipinski definition) is 3. The van der Waals surface area contributed by atoms with Gasteiger partial charge in [-0.1, -0.05) is 6.07 Å². The van der Waals surface area contributed by atoms with E-state index < -0.39 is 5.97 Å². The van der Waals surface area contributed by atoms with Crippen molar-refractivity contribution < 1.29 is 19.4 Å². The van der Waals surface area contributed by atoms with E-state index in [1.165, 1.54) is 11.1 Å². The molecule has 142 valence electrons. The second kappa shape index (κ2) is 8.56. The van der Waals surface area contributed by atoms with Crippen molar-refractivity contribution in [2.75, 3.05) is 20.2 Å². The van der Waals surface area contributed by atoms with Crippen molar-refractivity contribution in [3.63, 3.8) is 0 Å². The van der Waals surface area contributed by atoms with Crippen LogP contribution in [0.4, 0.5) is 0 Å². The number of methoxy groups -OCH3 is 1. The summed E-state index contributed by atoms with van der Waals surface area (Å²) in [5.74, 6) is 0.970.